The minimum Gasteiger partial charge on any atom is -0.496 e. The molecule has 3 aromatic rings. The average Bonchev–Trinajstić information content (AvgIpc) is 3.30. The number of benzene rings is 2. The molecule has 1 aromatic heterocycles. The molecule has 34 heavy (non-hydrogen) atoms. The van der Waals surface area contributed by atoms with E-state index >= 15 is 0 Å². The van der Waals surface area contributed by atoms with Crippen LogP contribution in [-0.2, 0) is 4.79 Å². The SMILES string of the molecule is COc1ccccc1/C=C/c1nc(C#N)c(N2CCN(C(=O)COc3ccccc3C)CC2)o1. The van der Waals surface area contributed by atoms with Gasteiger partial charge in [0.15, 0.2) is 6.61 Å². The van der Waals surface area contributed by atoms with Gasteiger partial charge < -0.3 is 23.7 Å². The number of amides is 1. The molecule has 0 N–H and O–H groups in total. The molecule has 2 aromatic carbocycles. The van der Waals surface area contributed by atoms with Crippen LogP contribution in [-0.4, -0.2) is 55.7 Å². The Labute approximate surface area is 198 Å². The van der Waals surface area contributed by atoms with E-state index in [1.165, 1.54) is 0 Å². The van der Waals surface area contributed by atoms with Gasteiger partial charge in [-0.3, -0.25) is 4.79 Å². The fraction of sp³-hybridized carbons (Fsp3) is 0.269. The van der Waals surface area contributed by atoms with Gasteiger partial charge in [0, 0.05) is 37.8 Å². The average molecular weight is 459 g/mol. The lowest BCUT2D eigenvalue weighted by molar-refractivity contribution is -0.133. The van der Waals surface area contributed by atoms with Gasteiger partial charge in [-0.05, 0) is 30.7 Å². The lowest BCUT2D eigenvalue weighted by Gasteiger charge is -2.34. The number of para-hydroxylation sites is 2. The fourth-order valence-electron chi connectivity index (χ4n) is 3.76. The molecule has 1 aliphatic heterocycles. The van der Waals surface area contributed by atoms with E-state index in [9.17, 15) is 10.1 Å². The van der Waals surface area contributed by atoms with Gasteiger partial charge in [0.1, 0.15) is 17.6 Å². The second kappa shape index (κ2) is 10.6. The second-order valence-corrected chi connectivity index (χ2v) is 7.81. The van der Waals surface area contributed by atoms with E-state index < -0.39 is 0 Å². The third-order valence-corrected chi connectivity index (χ3v) is 5.64. The second-order valence-electron chi connectivity index (χ2n) is 7.81. The third kappa shape index (κ3) is 5.21. The molecule has 8 heteroatoms. The number of carbonyl (C=O) groups is 1. The zero-order valence-corrected chi connectivity index (χ0v) is 19.2. The van der Waals surface area contributed by atoms with Crippen molar-refractivity contribution in [3.8, 4) is 17.6 Å². The van der Waals surface area contributed by atoms with Crippen LogP contribution in [0.2, 0.25) is 0 Å². The topological polar surface area (TPSA) is 91.8 Å². The smallest absolute Gasteiger partial charge is 0.260 e. The maximum atomic E-state index is 12.6. The van der Waals surface area contributed by atoms with Crippen molar-refractivity contribution in [2.45, 2.75) is 6.92 Å². The summed E-state index contributed by atoms with van der Waals surface area (Å²) in [6.07, 6.45) is 3.55. The molecule has 174 valence electrons. The molecule has 8 nitrogen and oxygen atoms in total. The minimum atomic E-state index is -0.0681. The standard InChI is InChI=1S/C26H26N4O4/c1-19-7-3-5-9-22(19)33-18-25(31)29-13-15-30(16-14-29)26-21(17-27)28-24(34-26)12-11-20-8-4-6-10-23(20)32-2/h3-12H,13-16,18H2,1-2H3/b12-11+. The van der Waals surface area contributed by atoms with E-state index in [0.717, 1.165) is 16.9 Å². The summed E-state index contributed by atoms with van der Waals surface area (Å²) in [4.78, 5) is 20.6. The number of aryl methyl sites for hydroxylation is 1. The summed E-state index contributed by atoms with van der Waals surface area (Å²) in [7, 11) is 1.61. The van der Waals surface area contributed by atoms with Crippen molar-refractivity contribution in [1.29, 1.82) is 5.26 Å². The van der Waals surface area contributed by atoms with Crippen molar-refractivity contribution >= 4 is 23.9 Å². The molecule has 0 radical (unpaired) electrons. The van der Waals surface area contributed by atoms with Crippen LogP contribution in [0.25, 0.3) is 12.2 Å². The first-order chi connectivity index (χ1) is 16.6. The molecular formula is C26H26N4O4. The van der Waals surface area contributed by atoms with Crippen molar-refractivity contribution in [3.05, 3.63) is 71.2 Å². The molecule has 0 atom stereocenters. The van der Waals surface area contributed by atoms with Crippen LogP contribution in [0.4, 0.5) is 5.88 Å². The number of hydrogen-bond donors (Lipinski definition) is 0. The number of anilines is 1. The molecule has 4 rings (SSSR count). The third-order valence-electron chi connectivity index (χ3n) is 5.64. The molecule has 0 aliphatic carbocycles. The Balaban J connectivity index is 1.37. The number of rotatable bonds is 7. The molecule has 1 amide bonds. The van der Waals surface area contributed by atoms with E-state index in [1.54, 1.807) is 18.1 Å². The van der Waals surface area contributed by atoms with Crippen LogP contribution >= 0.6 is 0 Å². The number of hydrogen-bond acceptors (Lipinski definition) is 7. The monoisotopic (exact) mass is 458 g/mol. The fourth-order valence-corrected chi connectivity index (χ4v) is 3.76. The number of methoxy groups -OCH3 is 1. The van der Waals surface area contributed by atoms with Gasteiger partial charge in [0.25, 0.3) is 5.91 Å². The maximum Gasteiger partial charge on any atom is 0.260 e. The summed E-state index contributed by atoms with van der Waals surface area (Å²) >= 11 is 0. The van der Waals surface area contributed by atoms with E-state index in [-0.39, 0.29) is 18.2 Å². The number of carbonyl (C=O) groups excluding carboxylic acids is 1. The minimum absolute atomic E-state index is 0.00546. The number of aromatic nitrogens is 1. The van der Waals surface area contributed by atoms with E-state index in [2.05, 4.69) is 11.1 Å². The van der Waals surface area contributed by atoms with Crippen molar-refractivity contribution in [2.24, 2.45) is 0 Å². The number of nitrogens with zero attached hydrogens (tertiary/aromatic N) is 4. The zero-order valence-electron chi connectivity index (χ0n) is 19.2. The van der Waals surface area contributed by atoms with Crippen molar-refractivity contribution in [1.82, 2.24) is 9.88 Å². The Morgan fingerprint density at radius 3 is 2.50 bits per heavy atom. The predicted octanol–water partition coefficient (Wildman–Crippen LogP) is 3.76. The van der Waals surface area contributed by atoms with Gasteiger partial charge in [-0.2, -0.15) is 10.2 Å². The summed E-state index contributed by atoms with van der Waals surface area (Å²) in [5, 5.41) is 9.55. The molecular weight excluding hydrogens is 432 g/mol. The Hall–Kier alpha value is -4.25. The van der Waals surface area contributed by atoms with Crippen LogP contribution in [0, 0.1) is 18.3 Å². The highest BCUT2D eigenvalue weighted by Crippen LogP contribution is 2.26. The molecule has 0 unspecified atom stereocenters. The van der Waals surface area contributed by atoms with Gasteiger partial charge in [-0.1, -0.05) is 36.4 Å². The lowest BCUT2D eigenvalue weighted by Crippen LogP contribution is -2.50. The number of oxazole rings is 1. The van der Waals surface area contributed by atoms with Gasteiger partial charge >= 0.3 is 0 Å². The first kappa shape index (κ1) is 22.9. The summed E-state index contributed by atoms with van der Waals surface area (Å²) in [6.45, 7) is 4.03. The van der Waals surface area contributed by atoms with Crippen LogP contribution < -0.4 is 14.4 Å². The highest BCUT2D eigenvalue weighted by atomic mass is 16.5. The van der Waals surface area contributed by atoms with Gasteiger partial charge in [-0.25, -0.2) is 0 Å². The Kier molecular flexibility index (Phi) is 7.13. The van der Waals surface area contributed by atoms with E-state index in [4.69, 9.17) is 13.9 Å². The lowest BCUT2D eigenvalue weighted by atomic mass is 10.2. The highest BCUT2D eigenvalue weighted by molar-refractivity contribution is 5.78. The molecule has 2 heterocycles. The van der Waals surface area contributed by atoms with Gasteiger partial charge in [0.05, 0.1) is 7.11 Å². The molecule has 1 aliphatic rings. The van der Waals surface area contributed by atoms with Crippen molar-refractivity contribution in [2.75, 3.05) is 44.8 Å². The molecule has 0 bridgehead atoms. The summed E-state index contributed by atoms with van der Waals surface area (Å²) in [6, 6.07) is 17.3. The molecule has 0 spiro atoms. The van der Waals surface area contributed by atoms with Crippen LogP contribution in [0.1, 0.15) is 22.7 Å². The summed E-state index contributed by atoms with van der Waals surface area (Å²) in [5.74, 6) is 2.14. The Morgan fingerprint density at radius 1 is 1.09 bits per heavy atom. The van der Waals surface area contributed by atoms with Gasteiger partial charge in [-0.15, -0.1) is 0 Å². The summed E-state index contributed by atoms with van der Waals surface area (Å²) in [5.41, 5.74) is 2.09. The molecule has 1 fully saturated rings. The Bertz CT molecular complexity index is 1220. The normalized spacial score (nSPS) is 13.7. The van der Waals surface area contributed by atoms with Crippen LogP contribution in [0.3, 0.4) is 0 Å². The maximum absolute atomic E-state index is 12.6. The van der Waals surface area contributed by atoms with E-state index in [1.807, 2.05) is 66.4 Å². The molecule has 0 saturated carbocycles. The quantitative estimate of drug-likeness (QED) is 0.532. The summed E-state index contributed by atoms with van der Waals surface area (Å²) < 4.78 is 16.9. The zero-order chi connectivity index (χ0) is 23.9. The largest absolute Gasteiger partial charge is 0.496 e. The number of piperazine rings is 1. The Morgan fingerprint density at radius 2 is 1.79 bits per heavy atom. The first-order valence-corrected chi connectivity index (χ1v) is 11.0. The van der Waals surface area contributed by atoms with Crippen molar-refractivity contribution in [3.63, 3.8) is 0 Å². The van der Waals surface area contributed by atoms with Crippen molar-refractivity contribution < 1.29 is 18.7 Å². The van der Waals surface area contributed by atoms with Gasteiger partial charge in [0.2, 0.25) is 17.5 Å². The highest BCUT2D eigenvalue weighted by Gasteiger charge is 2.26. The van der Waals surface area contributed by atoms with E-state index in [0.29, 0.717) is 43.7 Å². The predicted molar refractivity (Wildman–Crippen MR) is 129 cm³/mol. The number of ether oxygens (including phenoxy) is 2. The molecule has 1 saturated heterocycles. The number of nitriles is 1. The van der Waals surface area contributed by atoms with Crippen LogP contribution in [0.15, 0.2) is 52.9 Å². The first-order valence-electron chi connectivity index (χ1n) is 11.0. The van der Waals surface area contributed by atoms with Crippen LogP contribution in [0.5, 0.6) is 11.5 Å².